The fraction of sp³-hybridized carbons (Fsp3) is 0.656. The molecule has 1 rings (SSSR count). The Morgan fingerprint density at radius 3 is 1.64 bits per heavy atom. The normalized spacial score (nSPS) is 13.0. The Morgan fingerprint density at radius 2 is 1.19 bits per heavy atom. The van der Waals surface area contributed by atoms with Gasteiger partial charge in [-0.15, -0.1) is 0 Å². The van der Waals surface area contributed by atoms with Crippen molar-refractivity contribution >= 4 is 35.7 Å². The maximum atomic E-state index is 13.1. The highest BCUT2D eigenvalue weighted by Crippen LogP contribution is 2.18. The van der Waals surface area contributed by atoms with Gasteiger partial charge in [0.25, 0.3) is 5.69 Å². The van der Waals surface area contributed by atoms with E-state index in [1.165, 1.54) is 24.3 Å². The van der Waals surface area contributed by atoms with Gasteiger partial charge < -0.3 is 34.9 Å². The zero-order valence-electron chi connectivity index (χ0n) is 28.9. The summed E-state index contributed by atoms with van der Waals surface area (Å²) < 4.78 is 21.3. The number of hydrogen-bond acceptors (Lipinski definition) is 11. The molecule has 0 fully saturated rings. The number of ether oxygens (including phenoxy) is 4. The van der Waals surface area contributed by atoms with Crippen LogP contribution in [0.1, 0.15) is 101 Å². The predicted octanol–water partition coefficient (Wildman–Crippen LogP) is 5.09. The third kappa shape index (κ3) is 19.0. The number of nitro benzene ring substituents is 1. The van der Waals surface area contributed by atoms with E-state index in [0.717, 1.165) is 0 Å². The third-order valence-corrected chi connectivity index (χ3v) is 5.73. The fourth-order valence-corrected chi connectivity index (χ4v) is 3.89. The number of carbonyl (C=O) groups is 5. The summed E-state index contributed by atoms with van der Waals surface area (Å²) in [5.41, 5.74) is -2.47. The molecule has 0 aliphatic carbocycles. The van der Waals surface area contributed by atoms with Gasteiger partial charge in [-0.2, -0.15) is 0 Å². The van der Waals surface area contributed by atoms with Crippen LogP contribution in [-0.2, 0) is 28.6 Å². The van der Waals surface area contributed by atoms with Crippen molar-refractivity contribution < 1.29 is 47.8 Å². The van der Waals surface area contributed by atoms with Gasteiger partial charge in [-0.1, -0.05) is 0 Å². The largest absolute Gasteiger partial charge is 0.460 e. The molecule has 0 unspecified atom stereocenters. The Kier molecular flexibility index (Phi) is 15.6. The van der Waals surface area contributed by atoms with Gasteiger partial charge in [0.15, 0.2) is 0 Å². The molecular weight excluding hydrogens is 616 g/mol. The van der Waals surface area contributed by atoms with Crippen LogP contribution in [0.2, 0.25) is 0 Å². The van der Waals surface area contributed by atoms with Gasteiger partial charge in [0.05, 0.1) is 4.92 Å². The molecular formula is C32H50N4O11. The monoisotopic (exact) mass is 666 g/mol. The molecule has 2 atom stereocenters. The minimum atomic E-state index is -1.11. The van der Waals surface area contributed by atoms with Crippen molar-refractivity contribution in [2.45, 2.75) is 130 Å². The number of rotatable bonds is 15. The molecule has 0 saturated heterocycles. The number of carbonyl (C=O) groups excluding carboxylic acids is 5. The quantitative estimate of drug-likeness (QED) is 0.0740. The van der Waals surface area contributed by atoms with Crippen molar-refractivity contribution in [3.8, 4) is 5.75 Å². The average molecular weight is 667 g/mol. The maximum absolute atomic E-state index is 13.1. The highest BCUT2D eigenvalue weighted by molar-refractivity contribution is 5.87. The number of unbranched alkanes of at least 4 members (excludes halogenated alkanes) is 1. The molecule has 3 amide bonds. The topological polar surface area (TPSA) is 201 Å². The molecule has 0 aliphatic heterocycles. The number of esters is 3. The van der Waals surface area contributed by atoms with Crippen molar-refractivity contribution in [1.82, 2.24) is 16.0 Å². The number of non-ortho nitro benzene ring substituents is 1. The smallest absolute Gasteiger partial charge is 0.412 e. The molecule has 15 nitrogen and oxygen atoms in total. The summed E-state index contributed by atoms with van der Waals surface area (Å²) in [6.07, 6.45) is 0.512. The van der Waals surface area contributed by atoms with Crippen LogP contribution in [0.5, 0.6) is 5.75 Å². The van der Waals surface area contributed by atoms with E-state index in [2.05, 4.69) is 16.0 Å². The number of hydrogen-bond donors (Lipinski definition) is 3. The predicted molar refractivity (Wildman–Crippen MR) is 172 cm³/mol. The lowest BCUT2D eigenvalue weighted by molar-refractivity contribution is -0.384. The summed E-state index contributed by atoms with van der Waals surface area (Å²) in [7, 11) is 0. The molecule has 0 radical (unpaired) electrons. The molecule has 1 aromatic rings. The first-order valence-corrected chi connectivity index (χ1v) is 15.5. The average Bonchev–Trinajstić information content (AvgIpc) is 2.89. The van der Waals surface area contributed by atoms with Gasteiger partial charge in [-0.25, -0.2) is 19.2 Å². The first kappa shape index (κ1) is 40.6. The number of benzene rings is 1. The molecule has 0 aromatic heterocycles. The van der Waals surface area contributed by atoms with Gasteiger partial charge in [-0.3, -0.25) is 14.9 Å². The van der Waals surface area contributed by atoms with E-state index in [1.807, 2.05) is 0 Å². The lowest BCUT2D eigenvalue weighted by Crippen LogP contribution is -2.53. The van der Waals surface area contributed by atoms with Gasteiger partial charge in [0.1, 0.15) is 34.6 Å². The highest BCUT2D eigenvalue weighted by Gasteiger charge is 2.30. The molecule has 15 heteroatoms. The highest BCUT2D eigenvalue weighted by atomic mass is 16.6. The summed E-state index contributed by atoms with van der Waals surface area (Å²) in [5.74, 6) is -1.69. The Balaban J connectivity index is 2.79. The van der Waals surface area contributed by atoms with Crippen LogP contribution in [0.25, 0.3) is 0 Å². The molecule has 47 heavy (non-hydrogen) atoms. The molecule has 264 valence electrons. The summed E-state index contributed by atoms with van der Waals surface area (Å²) in [4.78, 5) is 73.4. The molecule has 0 spiro atoms. The van der Waals surface area contributed by atoms with Gasteiger partial charge in [0, 0.05) is 25.1 Å². The zero-order chi connectivity index (χ0) is 36.0. The Labute approximate surface area is 275 Å². The van der Waals surface area contributed by atoms with E-state index < -0.39 is 63.8 Å². The standard InChI is InChI=1S/C32H50N4O11/c1-30(2,3)45-25(37)15-12-14-24(27(39)47-32(7,8)9)35-28(40)34-23(26(38)46-31(4,5)6)13-10-11-20-33-29(41)44-22-18-16-21(17-19-22)36(42)43/h16-19,23-24H,10-15,20H2,1-9H3,(H,33,41)(H2,34,35,40)/t23-,24-/m0/s1. The second-order valence-corrected chi connectivity index (χ2v) is 13.8. The van der Waals surface area contributed by atoms with Crippen LogP contribution < -0.4 is 20.7 Å². The van der Waals surface area contributed by atoms with E-state index in [9.17, 15) is 34.1 Å². The third-order valence-electron chi connectivity index (χ3n) is 5.73. The molecule has 3 N–H and O–H groups in total. The number of nitrogens with zero attached hydrogens (tertiary/aromatic N) is 1. The van der Waals surface area contributed by atoms with E-state index in [-0.39, 0.29) is 43.7 Å². The van der Waals surface area contributed by atoms with Gasteiger partial charge in [0.2, 0.25) is 0 Å². The molecule has 0 heterocycles. The van der Waals surface area contributed by atoms with Gasteiger partial charge >= 0.3 is 30.0 Å². The van der Waals surface area contributed by atoms with Crippen LogP contribution >= 0.6 is 0 Å². The SMILES string of the molecule is CC(C)(C)OC(=O)CCC[C@H](NC(=O)N[C@@H](CCCCNC(=O)Oc1ccc([N+](=O)[O-])cc1)C(=O)OC(C)(C)C)C(=O)OC(C)(C)C. The Hall–Kier alpha value is -4.43. The first-order valence-electron chi connectivity index (χ1n) is 15.5. The summed E-state index contributed by atoms with van der Waals surface area (Å²) in [6.45, 7) is 15.5. The molecule has 0 bridgehead atoms. The number of urea groups is 1. The van der Waals surface area contributed by atoms with Crippen molar-refractivity contribution in [3.05, 3.63) is 34.4 Å². The maximum Gasteiger partial charge on any atom is 0.412 e. The second-order valence-electron chi connectivity index (χ2n) is 13.8. The molecule has 0 aliphatic rings. The van der Waals surface area contributed by atoms with Crippen molar-refractivity contribution in [1.29, 1.82) is 0 Å². The van der Waals surface area contributed by atoms with Crippen molar-refractivity contribution in [2.75, 3.05) is 6.54 Å². The van der Waals surface area contributed by atoms with E-state index in [4.69, 9.17) is 18.9 Å². The number of amides is 3. The number of nitrogens with one attached hydrogen (secondary N) is 3. The van der Waals surface area contributed by atoms with E-state index in [1.54, 1.807) is 62.3 Å². The second kappa shape index (κ2) is 18.0. The summed E-state index contributed by atoms with van der Waals surface area (Å²) in [5, 5.41) is 18.5. The zero-order valence-corrected chi connectivity index (χ0v) is 28.9. The Bertz CT molecular complexity index is 1230. The lowest BCUT2D eigenvalue weighted by Gasteiger charge is -2.27. The van der Waals surface area contributed by atoms with Crippen LogP contribution in [0.15, 0.2) is 24.3 Å². The van der Waals surface area contributed by atoms with Crippen molar-refractivity contribution in [3.63, 3.8) is 0 Å². The van der Waals surface area contributed by atoms with Crippen LogP contribution in [0.4, 0.5) is 15.3 Å². The molecule has 1 aromatic carbocycles. The van der Waals surface area contributed by atoms with Crippen LogP contribution in [-0.4, -0.2) is 70.4 Å². The van der Waals surface area contributed by atoms with Gasteiger partial charge in [-0.05, 0) is 107 Å². The summed E-state index contributed by atoms with van der Waals surface area (Å²) >= 11 is 0. The fourth-order valence-electron chi connectivity index (χ4n) is 3.89. The van der Waals surface area contributed by atoms with Crippen LogP contribution in [0, 0.1) is 10.1 Å². The minimum Gasteiger partial charge on any atom is -0.460 e. The Morgan fingerprint density at radius 1 is 0.723 bits per heavy atom. The molecule has 0 saturated carbocycles. The van der Waals surface area contributed by atoms with E-state index >= 15 is 0 Å². The number of nitro groups is 1. The minimum absolute atomic E-state index is 0.0237. The first-order chi connectivity index (χ1) is 21.5. The van der Waals surface area contributed by atoms with Crippen molar-refractivity contribution in [2.24, 2.45) is 0 Å². The van der Waals surface area contributed by atoms with Crippen LogP contribution in [0.3, 0.4) is 0 Å². The van der Waals surface area contributed by atoms with E-state index in [0.29, 0.717) is 12.8 Å². The lowest BCUT2D eigenvalue weighted by atomic mass is 10.1. The summed E-state index contributed by atoms with van der Waals surface area (Å²) in [6, 6.07) is 2.02.